The highest BCUT2D eigenvalue weighted by Gasteiger charge is 2.23. The minimum atomic E-state index is -0.177. The third kappa shape index (κ3) is 4.40. The van der Waals surface area contributed by atoms with Gasteiger partial charge in [0.15, 0.2) is 0 Å². The van der Waals surface area contributed by atoms with Crippen LogP contribution in [0.5, 0.6) is 5.75 Å². The standard InChI is InChI=1S/C15H24N2O2/c1-12-6-8-17(11-15(12)18)7-3-9-19-14-5-2-4-13(16)10-14/h2,4-5,10,12,15,18H,3,6-9,11,16H2,1H3. The van der Waals surface area contributed by atoms with Gasteiger partial charge >= 0.3 is 0 Å². The Kier molecular flexibility index (Phi) is 5.05. The highest BCUT2D eigenvalue weighted by Crippen LogP contribution is 2.17. The summed E-state index contributed by atoms with van der Waals surface area (Å²) in [5, 5.41) is 9.83. The maximum Gasteiger partial charge on any atom is 0.121 e. The molecule has 1 aliphatic rings. The molecule has 1 fully saturated rings. The maximum atomic E-state index is 9.83. The molecular weight excluding hydrogens is 240 g/mol. The van der Waals surface area contributed by atoms with Crippen LogP contribution in [0.3, 0.4) is 0 Å². The number of β-amino-alcohol motifs (C(OH)–C–C–N with tert-alkyl or cyclic N) is 1. The molecule has 1 aliphatic heterocycles. The highest BCUT2D eigenvalue weighted by molar-refractivity contribution is 5.43. The molecule has 0 spiro atoms. The monoisotopic (exact) mass is 264 g/mol. The van der Waals surface area contributed by atoms with Gasteiger partial charge in [0.1, 0.15) is 5.75 Å². The van der Waals surface area contributed by atoms with Gasteiger partial charge in [0, 0.05) is 24.8 Å². The van der Waals surface area contributed by atoms with Crippen LogP contribution in [0.1, 0.15) is 19.8 Å². The lowest BCUT2D eigenvalue weighted by molar-refractivity contribution is 0.0275. The molecule has 2 unspecified atom stereocenters. The number of ether oxygens (including phenoxy) is 1. The minimum absolute atomic E-state index is 0.177. The van der Waals surface area contributed by atoms with E-state index in [1.807, 2.05) is 24.3 Å². The second kappa shape index (κ2) is 6.78. The van der Waals surface area contributed by atoms with Crippen molar-refractivity contribution in [3.05, 3.63) is 24.3 Å². The Morgan fingerprint density at radius 3 is 3.05 bits per heavy atom. The SMILES string of the molecule is CC1CCN(CCCOc2cccc(N)c2)CC1O. The first kappa shape index (κ1) is 14.2. The number of piperidine rings is 1. The van der Waals surface area contributed by atoms with Gasteiger partial charge in [0.2, 0.25) is 0 Å². The van der Waals surface area contributed by atoms with Gasteiger partial charge in [-0.25, -0.2) is 0 Å². The molecule has 4 nitrogen and oxygen atoms in total. The molecule has 0 radical (unpaired) electrons. The fourth-order valence-electron chi connectivity index (χ4n) is 2.40. The Balaban J connectivity index is 1.64. The van der Waals surface area contributed by atoms with Crippen molar-refractivity contribution in [1.29, 1.82) is 0 Å². The molecule has 1 saturated heterocycles. The van der Waals surface area contributed by atoms with E-state index in [9.17, 15) is 5.11 Å². The third-order valence-corrected chi connectivity index (χ3v) is 3.75. The lowest BCUT2D eigenvalue weighted by Crippen LogP contribution is -2.43. The largest absolute Gasteiger partial charge is 0.493 e. The van der Waals surface area contributed by atoms with Crippen molar-refractivity contribution in [2.45, 2.75) is 25.9 Å². The van der Waals surface area contributed by atoms with E-state index in [1.54, 1.807) is 0 Å². The van der Waals surface area contributed by atoms with E-state index < -0.39 is 0 Å². The van der Waals surface area contributed by atoms with E-state index >= 15 is 0 Å². The summed E-state index contributed by atoms with van der Waals surface area (Å²) in [5.74, 6) is 1.26. The molecule has 106 valence electrons. The summed E-state index contributed by atoms with van der Waals surface area (Å²) in [7, 11) is 0. The molecule has 2 atom stereocenters. The van der Waals surface area contributed by atoms with Gasteiger partial charge in [0.05, 0.1) is 12.7 Å². The zero-order chi connectivity index (χ0) is 13.7. The predicted octanol–water partition coefficient (Wildman–Crippen LogP) is 1.74. The summed E-state index contributed by atoms with van der Waals surface area (Å²) in [6.07, 6.45) is 1.87. The molecule has 19 heavy (non-hydrogen) atoms. The zero-order valence-electron chi connectivity index (χ0n) is 11.6. The van der Waals surface area contributed by atoms with Crippen LogP contribution in [0.2, 0.25) is 0 Å². The number of nitrogen functional groups attached to an aromatic ring is 1. The first-order valence-corrected chi connectivity index (χ1v) is 7.04. The number of benzene rings is 1. The van der Waals surface area contributed by atoms with Crippen molar-refractivity contribution in [3.8, 4) is 5.75 Å². The van der Waals surface area contributed by atoms with Crippen LogP contribution in [-0.2, 0) is 0 Å². The lowest BCUT2D eigenvalue weighted by Gasteiger charge is -2.34. The summed E-state index contributed by atoms with van der Waals surface area (Å²) >= 11 is 0. The smallest absolute Gasteiger partial charge is 0.121 e. The van der Waals surface area contributed by atoms with Crippen molar-refractivity contribution in [2.75, 3.05) is 32.0 Å². The summed E-state index contributed by atoms with van der Waals surface area (Å²) in [6, 6.07) is 7.51. The Morgan fingerprint density at radius 1 is 1.47 bits per heavy atom. The average molecular weight is 264 g/mol. The molecule has 0 saturated carbocycles. The van der Waals surface area contributed by atoms with E-state index in [0.29, 0.717) is 12.5 Å². The van der Waals surface area contributed by atoms with Crippen molar-refractivity contribution in [3.63, 3.8) is 0 Å². The number of aliphatic hydroxyl groups is 1. The van der Waals surface area contributed by atoms with Crippen LogP contribution in [0.4, 0.5) is 5.69 Å². The molecular formula is C15H24N2O2. The third-order valence-electron chi connectivity index (χ3n) is 3.75. The lowest BCUT2D eigenvalue weighted by atomic mass is 9.96. The van der Waals surface area contributed by atoms with Gasteiger partial charge in [-0.05, 0) is 37.4 Å². The number of nitrogens with two attached hydrogens (primary N) is 1. The van der Waals surface area contributed by atoms with Gasteiger partial charge in [-0.3, -0.25) is 0 Å². The van der Waals surface area contributed by atoms with E-state index in [-0.39, 0.29) is 6.10 Å². The van der Waals surface area contributed by atoms with Gasteiger partial charge in [-0.1, -0.05) is 13.0 Å². The van der Waals surface area contributed by atoms with Crippen molar-refractivity contribution in [2.24, 2.45) is 5.92 Å². The van der Waals surface area contributed by atoms with Gasteiger partial charge in [-0.15, -0.1) is 0 Å². The fraction of sp³-hybridized carbons (Fsp3) is 0.600. The first-order chi connectivity index (χ1) is 9.15. The normalized spacial score (nSPS) is 24.3. The average Bonchev–Trinajstić information content (AvgIpc) is 2.39. The molecule has 1 heterocycles. The molecule has 4 heteroatoms. The quantitative estimate of drug-likeness (QED) is 0.628. The zero-order valence-corrected chi connectivity index (χ0v) is 11.6. The van der Waals surface area contributed by atoms with Crippen LogP contribution in [-0.4, -0.2) is 42.4 Å². The number of nitrogens with zero attached hydrogens (tertiary/aromatic N) is 1. The maximum absolute atomic E-state index is 9.83. The Labute approximate surface area is 115 Å². The van der Waals surface area contributed by atoms with E-state index in [4.69, 9.17) is 10.5 Å². The number of hydrogen-bond acceptors (Lipinski definition) is 4. The Morgan fingerprint density at radius 2 is 2.32 bits per heavy atom. The predicted molar refractivity (Wildman–Crippen MR) is 77.2 cm³/mol. The van der Waals surface area contributed by atoms with Crippen LogP contribution in [0.15, 0.2) is 24.3 Å². The summed E-state index contributed by atoms with van der Waals surface area (Å²) in [4.78, 5) is 2.31. The van der Waals surface area contributed by atoms with Crippen LogP contribution in [0, 0.1) is 5.92 Å². The number of aliphatic hydroxyl groups excluding tert-OH is 1. The molecule has 0 bridgehead atoms. The molecule has 0 amide bonds. The summed E-state index contributed by atoms with van der Waals surface area (Å²) in [6.45, 7) is 5.65. The molecule has 0 aliphatic carbocycles. The van der Waals surface area contributed by atoms with Crippen molar-refractivity contribution < 1.29 is 9.84 Å². The number of rotatable bonds is 5. The number of anilines is 1. The number of likely N-dealkylation sites (tertiary alicyclic amines) is 1. The summed E-state index contributed by atoms with van der Waals surface area (Å²) in [5.41, 5.74) is 6.42. The molecule has 2 rings (SSSR count). The molecule has 0 aromatic heterocycles. The molecule has 1 aromatic carbocycles. The second-order valence-corrected chi connectivity index (χ2v) is 5.41. The molecule has 1 aromatic rings. The van der Waals surface area contributed by atoms with Gasteiger partial charge in [-0.2, -0.15) is 0 Å². The van der Waals surface area contributed by atoms with Gasteiger partial charge < -0.3 is 20.5 Å². The van der Waals surface area contributed by atoms with E-state index in [2.05, 4.69) is 11.8 Å². The van der Waals surface area contributed by atoms with Crippen LogP contribution in [0.25, 0.3) is 0 Å². The fourth-order valence-corrected chi connectivity index (χ4v) is 2.40. The van der Waals surface area contributed by atoms with Crippen LogP contribution < -0.4 is 10.5 Å². The van der Waals surface area contributed by atoms with E-state index in [1.165, 1.54) is 0 Å². The number of hydrogen-bond donors (Lipinski definition) is 2. The second-order valence-electron chi connectivity index (χ2n) is 5.41. The Bertz CT molecular complexity index is 397. The topological polar surface area (TPSA) is 58.7 Å². The summed E-state index contributed by atoms with van der Waals surface area (Å²) < 4.78 is 5.66. The van der Waals surface area contributed by atoms with E-state index in [0.717, 1.165) is 43.9 Å². The van der Waals surface area contributed by atoms with Crippen molar-refractivity contribution in [1.82, 2.24) is 4.90 Å². The Hall–Kier alpha value is -1.26. The minimum Gasteiger partial charge on any atom is -0.493 e. The highest BCUT2D eigenvalue weighted by atomic mass is 16.5. The first-order valence-electron chi connectivity index (χ1n) is 7.04. The van der Waals surface area contributed by atoms with Gasteiger partial charge in [0.25, 0.3) is 0 Å². The van der Waals surface area contributed by atoms with Crippen molar-refractivity contribution >= 4 is 5.69 Å². The van der Waals surface area contributed by atoms with Crippen LogP contribution >= 0.6 is 0 Å². The molecule has 3 N–H and O–H groups in total.